The zero-order valence-corrected chi connectivity index (χ0v) is 12.6. The van der Waals surface area contributed by atoms with Crippen molar-refractivity contribution in [2.75, 3.05) is 13.2 Å². The quantitative estimate of drug-likeness (QED) is 0.802. The maximum Gasteiger partial charge on any atom is 0.119 e. The van der Waals surface area contributed by atoms with Crippen LogP contribution in [-0.2, 0) is 0 Å². The van der Waals surface area contributed by atoms with Crippen LogP contribution in [0.15, 0.2) is 46.3 Å². The molecule has 0 saturated carbocycles. The zero-order valence-electron chi connectivity index (χ0n) is 10.2. The van der Waals surface area contributed by atoms with Crippen LogP contribution < -0.4 is 10.1 Å². The van der Waals surface area contributed by atoms with E-state index in [1.807, 2.05) is 24.3 Å². The lowest BCUT2D eigenvalue weighted by molar-refractivity contribution is 0.308. The highest BCUT2D eigenvalue weighted by Gasteiger charge is 2.04. The van der Waals surface area contributed by atoms with Crippen LogP contribution in [-0.4, -0.2) is 13.2 Å². The van der Waals surface area contributed by atoms with Gasteiger partial charge >= 0.3 is 0 Å². The maximum atomic E-state index is 5.65. The van der Waals surface area contributed by atoms with E-state index in [4.69, 9.17) is 4.74 Å². The molecule has 0 aliphatic rings. The highest BCUT2D eigenvalue weighted by Crippen LogP contribution is 2.18. The molecule has 1 aromatic heterocycles. The molecule has 0 radical (unpaired) electrons. The summed E-state index contributed by atoms with van der Waals surface area (Å²) in [7, 11) is 0. The fourth-order valence-corrected chi connectivity index (χ4v) is 2.64. The van der Waals surface area contributed by atoms with E-state index in [-0.39, 0.29) is 0 Å². The molecule has 0 bridgehead atoms. The molecule has 1 atom stereocenters. The third-order valence-corrected chi connectivity index (χ3v) is 4.19. The summed E-state index contributed by atoms with van der Waals surface area (Å²) < 4.78 is 6.72. The first-order chi connectivity index (χ1) is 8.75. The van der Waals surface area contributed by atoms with E-state index in [0.717, 1.165) is 16.8 Å². The van der Waals surface area contributed by atoms with E-state index in [2.05, 4.69) is 45.7 Å². The van der Waals surface area contributed by atoms with Crippen molar-refractivity contribution < 1.29 is 4.74 Å². The predicted molar refractivity (Wildman–Crippen MR) is 80.4 cm³/mol. The van der Waals surface area contributed by atoms with Crippen LogP contribution in [0, 0.1) is 0 Å². The lowest BCUT2D eigenvalue weighted by Crippen LogP contribution is -2.23. The van der Waals surface area contributed by atoms with Crippen molar-refractivity contribution in [3.63, 3.8) is 0 Å². The van der Waals surface area contributed by atoms with E-state index in [9.17, 15) is 0 Å². The lowest BCUT2D eigenvalue weighted by atomic mass is 10.3. The molecule has 2 aromatic rings. The Labute approximate surface area is 120 Å². The van der Waals surface area contributed by atoms with Crippen LogP contribution in [0.1, 0.15) is 17.8 Å². The van der Waals surface area contributed by atoms with Gasteiger partial charge in [-0.3, -0.25) is 0 Å². The second-order valence-corrected chi connectivity index (χ2v) is 5.89. The second-order valence-electron chi connectivity index (χ2n) is 3.99. The molecule has 96 valence electrons. The first-order valence-corrected chi connectivity index (χ1v) is 7.58. The Balaban J connectivity index is 1.68. The summed E-state index contributed by atoms with van der Waals surface area (Å²) >= 11 is 5.18. The third-order valence-electron chi connectivity index (χ3n) is 2.60. The van der Waals surface area contributed by atoms with Crippen molar-refractivity contribution >= 4 is 27.3 Å². The van der Waals surface area contributed by atoms with Gasteiger partial charge in [0.15, 0.2) is 0 Å². The van der Waals surface area contributed by atoms with Gasteiger partial charge in [0, 0.05) is 21.9 Å². The van der Waals surface area contributed by atoms with E-state index >= 15 is 0 Å². The Morgan fingerprint density at radius 3 is 2.72 bits per heavy atom. The highest BCUT2D eigenvalue weighted by atomic mass is 79.9. The summed E-state index contributed by atoms with van der Waals surface area (Å²) in [6.07, 6.45) is 0. The molecule has 1 N–H and O–H groups in total. The molecule has 4 heteroatoms. The maximum absolute atomic E-state index is 5.65. The molecule has 0 fully saturated rings. The number of hydrogen-bond donors (Lipinski definition) is 1. The van der Waals surface area contributed by atoms with Crippen molar-refractivity contribution in [3.8, 4) is 5.75 Å². The van der Waals surface area contributed by atoms with Crippen molar-refractivity contribution in [2.24, 2.45) is 0 Å². The Morgan fingerprint density at radius 1 is 1.28 bits per heavy atom. The van der Waals surface area contributed by atoms with Crippen LogP contribution in [0.5, 0.6) is 5.75 Å². The van der Waals surface area contributed by atoms with Crippen LogP contribution >= 0.6 is 27.3 Å². The fourth-order valence-electron chi connectivity index (χ4n) is 1.61. The lowest BCUT2D eigenvalue weighted by Gasteiger charge is -2.12. The van der Waals surface area contributed by atoms with E-state index in [0.29, 0.717) is 12.6 Å². The van der Waals surface area contributed by atoms with Gasteiger partial charge in [-0.05, 0) is 42.6 Å². The topological polar surface area (TPSA) is 21.3 Å². The van der Waals surface area contributed by atoms with Gasteiger partial charge < -0.3 is 10.1 Å². The molecule has 2 rings (SSSR count). The minimum absolute atomic E-state index is 0.388. The molecular formula is C14H16BrNOS. The molecule has 18 heavy (non-hydrogen) atoms. The molecule has 1 heterocycles. The molecule has 0 amide bonds. The summed E-state index contributed by atoms with van der Waals surface area (Å²) in [6.45, 7) is 3.69. The minimum Gasteiger partial charge on any atom is -0.492 e. The van der Waals surface area contributed by atoms with Gasteiger partial charge in [-0.15, -0.1) is 11.3 Å². The summed E-state index contributed by atoms with van der Waals surface area (Å²) in [4.78, 5) is 1.36. The second kappa shape index (κ2) is 6.92. The third kappa shape index (κ3) is 4.12. The van der Waals surface area contributed by atoms with Gasteiger partial charge in [0.25, 0.3) is 0 Å². The van der Waals surface area contributed by atoms with Gasteiger partial charge in [-0.2, -0.15) is 0 Å². The van der Waals surface area contributed by atoms with E-state index in [1.165, 1.54) is 4.88 Å². The first kappa shape index (κ1) is 13.6. The van der Waals surface area contributed by atoms with E-state index < -0.39 is 0 Å². The number of hydrogen-bond acceptors (Lipinski definition) is 3. The molecule has 0 aliphatic carbocycles. The number of thiophene rings is 1. The number of benzene rings is 1. The Kier molecular flexibility index (Phi) is 5.23. The van der Waals surface area contributed by atoms with Gasteiger partial charge in [-0.1, -0.05) is 22.0 Å². The number of ether oxygens (including phenoxy) is 1. The Hall–Kier alpha value is -0.840. The van der Waals surface area contributed by atoms with Gasteiger partial charge in [0.1, 0.15) is 12.4 Å². The van der Waals surface area contributed by atoms with Gasteiger partial charge in [0.2, 0.25) is 0 Å². The normalized spacial score (nSPS) is 12.3. The Bertz CT molecular complexity index is 455. The number of rotatable bonds is 6. The fraction of sp³-hybridized carbons (Fsp3) is 0.286. The van der Waals surface area contributed by atoms with E-state index in [1.54, 1.807) is 11.3 Å². The number of halogens is 1. The standard InChI is InChI=1S/C14H16BrNOS/c1-11(14-3-2-10-18-14)16-8-9-17-13-6-4-12(15)5-7-13/h2-7,10-11,16H,8-9H2,1H3. The van der Waals surface area contributed by atoms with Crippen molar-refractivity contribution in [1.29, 1.82) is 0 Å². The highest BCUT2D eigenvalue weighted by molar-refractivity contribution is 9.10. The summed E-state index contributed by atoms with van der Waals surface area (Å²) in [5, 5.41) is 5.55. The van der Waals surface area contributed by atoms with Crippen LogP contribution in [0.3, 0.4) is 0 Å². The number of nitrogens with one attached hydrogen (secondary N) is 1. The zero-order chi connectivity index (χ0) is 12.8. The average Bonchev–Trinajstić information content (AvgIpc) is 2.90. The van der Waals surface area contributed by atoms with Crippen molar-refractivity contribution in [3.05, 3.63) is 51.1 Å². The SMILES string of the molecule is CC(NCCOc1ccc(Br)cc1)c1cccs1. The monoisotopic (exact) mass is 325 g/mol. The summed E-state index contributed by atoms with van der Waals surface area (Å²) in [5.41, 5.74) is 0. The van der Waals surface area contributed by atoms with Crippen LogP contribution in [0.25, 0.3) is 0 Å². The van der Waals surface area contributed by atoms with Crippen molar-refractivity contribution in [1.82, 2.24) is 5.32 Å². The molecule has 1 aromatic carbocycles. The summed E-state index contributed by atoms with van der Waals surface area (Å²) in [5.74, 6) is 0.906. The molecule has 1 unspecified atom stereocenters. The summed E-state index contributed by atoms with van der Waals surface area (Å²) in [6, 6.07) is 12.5. The predicted octanol–water partition coefficient (Wildman–Crippen LogP) is 4.24. The largest absolute Gasteiger partial charge is 0.492 e. The molecule has 2 nitrogen and oxygen atoms in total. The molecular weight excluding hydrogens is 310 g/mol. The molecule has 0 saturated heterocycles. The smallest absolute Gasteiger partial charge is 0.119 e. The van der Waals surface area contributed by atoms with Crippen molar-refractivity contribution in [2.45, 2.75) is 13.0 Å². The Morgan fingerprint density at radius 2 is 2.06 bits per heavy atom. The molecule has 0 aliphatic heterocycles. The van der Waals surface area contributed by atoms with Crippen LogP contribution in [0.4, 0.5) is 0 Å². The average molecular weight is 326 g/mol. The van der Waals surface area contributed by atoms with Gasteiger partial charge in [-0.25, -0.2) is 0 Å². The molecule has 0 spiro atoms. The minimum atomic E-state index is 0.388. The van der Waals surface area contributed by atoms with Crippen LogP contribution in [0.2, 0.25) is 0 Å². The van der Waals surface area contributed by atoms with Gasteiger partial charge in [0.05, 0.1) is 0 Å². The first-order valence-electron chi connectivity index (χ1n) is 5.91.